The van der Waals surface area contributed by atoms with E-state index in [1.807, 2.05) is 0 Å². The molecule has 5 atom stereocenters. The third kappa shape index (κ3) is 3.79. The minimum absolute atomic E-state index is 0.00896. The predicted molar refractivity (Wildman–Crippen MR) is 90.1 cm³/mol. The molecule has 2 aliphatic rings. The average molecular weight is 400 g/mol. The van der Waals surface area contributed by atoms with Gasteiger partial charge < -0.3 is 33.9 Å². The molecule has 3 N–H and O–H groups in total. The molecule has 2 unspecified atom stereocenters. The number of H-pyrrole nitrogens is 1. The zero-order valence-corrected chi connectivity index (χ0v) is 15.6. The quantitative estimate of drug-likeness (QED) is 0.410. The van der Waals surface area contributed by atoms with E-state index in [1.165, 1.54) is 13.3 Å². The Hall–Kier alpha value is -1.77. The number of rotatable bonds is 5. The van der Waals surface area contributed by atoms with Crippen LogP contribution in [0.3, 0.4) is 0 Å². The number of nitrogens with one attached hydrogen (secondary N) is 1. The Kier molecular flexibility index (Phi) is 5.42. The molecule has 0 radical (unpaired) electrons. The van der Waals surface area contributed by atoms with Gasteiger partial charge in [0.15, 0.2) is 6.23 Å². The maximum absolute atomic E-state index is 12.3. The van der Waals surface area contributed by atoms with Crippen LogP contribution in [0.15, 0.2) is 15.8 Å². The molecule has 0 spiro atoms. The van der Waals surface area contributed by atoms with Gasteiger partial charge in [-0.15, -0.1) is 0 Å². The van der Waals surface area contributed by atoms with E-state index in [1.54, 1.807) is 0 Å². The second-order valence-corrected chi connectivity index (χ2v) is 8.05. The molecule has 0 amide bonds. The molecule has 11 nitrogen and oxygen atoms in total. The summed E-state index contributed by atoms with van der Waals surface area (Å²) in [5.74, 6) is 5.10. The maximum Gasteiger partial charge on any atom is 0.330 e. The van der Waals surface area contributed by atoms with Crippen molar-refractivity contribution in [3.63, 3.8) is 0 Å². The van der Waals surface area contributed by atoms with Crippen molar-refractivity contribution in [2.45, 2.75) is 24.0 Å². The Morgan fingerprint density at radius 1 is 1.56 bits per heavy atom. The molecule has 2 aliphatic heterocycles. The van der Waals surface area contributed by atoms with Crippen molar-refractivity contribution < 1.29 is 28.2 Å². The fourth-order valence-corrected chi connectivity index (χ4v) is 3.96. The summed E-state index contributed by atoms with van der Waals surface area (Å²) in [4.78, 5) is 38.0. The van der Waals surface area contributed by atoms with Crippen LogP contribution >= 0.6 is 7.60 Å². The highest BCUT2D eigenvalue weighted by molar-refractivity contribution is 7.50. The summed E-state index contributed by atoms with van der Waals surface area (Å²) < 4.78 is 34.7. The monoisotopic (exact) mass is 400 g/mol. The van der Waals surface area contributed by atoms with Crippen LogP contribution in [0.2, 0.25) is 0 Å². The van der Waals surface area contributed by atoms with Gasteiger partial charge in [-0.1, -0.05) is 11.8 Å². The van der Waals surface area contributed by atoms with E-state index in [0.717, 1.165) is 11.2 Å². The Morgan fingerprint density at radius 3 is 2.93 bits per heavy atom. The number of methoxy groups -OCH3 is 1. The number of hydrogen-bond acceptors (Lipinski definition) is 9. The molecular weight excluding hydrogens is 381 g/mol. The lowest BCUT2D eigenvalue weighted by atomic mass is 10.0. The molecule has 2 fully saturated rings. The lowest BCUT2D eigenvalue weighted by Gasteiger charge is -2.32. The summed E-state index contributed by atoms with van der Waals surface area (Å²) in [5.41, 5.74) is 2.68. The second kappa shape index (κ2) is 7.33. The van der Waals surface area contributed by atoms with Crippen LogP contribution in [0, 0.1) is 11.8 Å². The predicted octanol–water partition coefficient (Wildman–Crippen LogP) is -2.27. The van der Waals surface area contributed by atoms with Crippen molar-refractivity contribution in [2.75, 3.05) is 33.5 Å². The fraction of sp³-hybridized carbons (Fsp3) is 0.600. The highest BCUT2D eigenvalue weighted by Gasteiger charge is 2.64. The second-order valence-electron chi connectivity index (χ2n) is 6.29. The van der Waals surface area contributed by atoms with Crippen LogP contribution in [0.1, 0.15) is 11.8 Å². The van der Waals surface area contributed by atoms with Gasteiger partial charge in [-0.2, -0.15) is 0 Å². The number of fused-ring (bicyclic) bond motifs is 2. The van der Waals surface area contributed by atoms with Crippen LogP contribution in [0.4, 0.5) is 0 Å². The lowest BCUT2D eigenvalue weighted by molar-refractivity contribution is -0.208. The molecule has 3 heterocycles. The average Bonchev–Trinajstić information content (AvgIpc) is 3.04. The van der Waals surface area contributed by atoms with Gasteiger partial charge in [0.25, 0.3) is 5.56 Å². The molecular formula is C15H19N3O8P-. The molecule has 2 bridgehead atoms. The Morgan fingerprint density at radius 2 is 2.30 bits per heavy atom. The van der Waals surface area contributed by atoms with E-state index >= 15 is 0 Å². The van der Waals surface area contributed by atoms with Crippen molar-refractivity contribution >= 4 is 7.60 Å². The van der Waals surface area contributed by atoms with Gasteiger partial charge in [0.2, 0.25) is 0 Å². The van der Waals surface area contributed by atoms with E-state index in [2.05, 4.69) is 16.8 Å². The summed E-state index contributed by atoms with van der Waals surface area (Å²) in [6.07, 6.45) is -1.72. The summed E-state index contributed by atoms with van der Waals surface area (Å²) >= 11 is 0. The minimum atomic E-state index is -4.12. The zero-order valence-electron chi connectivity index (χ0n) is 14.7. The highest BCUT2D eigenvalue weighted by Crippen LogP contribution is 2.51. The van der Waals surface area contributed by atoms with Crippen molar-refractivity contribution in [3.05, 3.63) is 32.6 Å². The van der Waals surface area contributed by atoms with Gasteiger partial charge in [-0.25, -0.2) is 4.79 Å². The Bertz CT molecular complexity index is 941. The highest BCUT2D eigenvalue weighted by atomic mass is 31.2. The van der Waals surface area contributed by atoms with E-state index in [4.69, 9.17) is 24.5 Å². The molecule has 12 heteroatoms. The van der Waals surface area contributed by atoms with Crippen molar-refractivity contribution in [1.29, 1.82) is 0 Å². The first kappa shape index (κ1) is 20.0. The first-order valence-electron chi connectivity index (χ1n) is 8.00. The van der Waals surface area contributed by atoms with Crippen LogP contribution in [-0.2, 0) is 23.3 Å². The van der Waals surface area contributed by atoms with E-state index in [0.29, 0.717) is 0 Å². The number of hydrogen-bond donors (Lipinski definition) is 2. The van der Waals surface area contributed by atoms with E-state index in [-0.39, 0.29) is 25.3 Å². The fourth-order valence-electron chi connectivity index (χ4n) is 3.24. The lowest BCUT2D eigenvalue weighted by Crippen LogP contribution is -2.46. The number of nitrogens with two attached hydrogens (primary N) is 1. The van der Waals surface area contributed by atoms with Crippen LogP contribution in [0.5, 0.6) is 0 Å². The van der Waals surface area contributed by atoms with Crippen LogP contribution in [-0.4, -0.2) is 60.9 Å². The standard InChI is InChI=1S/C15H20N3O8P/c1-23-7-15-8-24-10(11(15)26-27(2,21)22)13(25-15)18-6-9(4-3-5-16)12(19)17-14(18)20/h6,10-11,13H,5,7-8,16H2,1-2H3,(H,21,22)(H,17,19,20)/p-1/t10-,11?,13-,15-/m1/s1. The summed E-state index contributed by atoms with van der Waals surface area (Å²) in [6.45, 7) is 0.993. The minimum Gasteiger partial charge on any atom is -0.779 e. The van der Waals surface area contributed by atoms with Crippen molar-refractivity contribution in [2.24, 2.45) is 5.73 Å². The first-order valence-corrected chi connectivity index (χ1v) is 9.99. The molecule has 2 saturated heterocycles. The molecule has 27 heavy (non-hydrogen) atoms. The van der Waals surface area contributed by atoms with Gasteiger partial charge in [0, 0.05) is 20.0 Å². The third-order valence-electron chi connectivity index (χ3n) is 4.23. The molecule has 1 aromatic rings. The van der Waals surface area contributed by atoms with Gasteiger partial charge in [-0.3, -0.25) is 14.3 Å². The Labute approximate surface area is 153 Å². The zero-order chi connectivity index (χ0) is 19.8. The Balaban J connectivity index is 2.03. The maximum atomic E-state index is 12.3. The number of nitrogens with zero attached hydrogens (tertiary/aromatic N) is 1. The normalized spacial score (nSPS) is 31.3. The van der Waals surface area contributed by atoms with E-state index in [9.17, 15) is 19.0 Å². The third-order valence-corrected chi connectivity index (χ3v) is 4.84. The molecule has 0 aromatic carbocycles. The first-order chi connectivity index (χ1) is 12.7. The van der Waals surface area contributed by atoms with Crippen molar-refractivity contribution in [1.82, 2.24) is 9.55 Å². The van der Waals surface area contributed by atoms with Crippen LogP contribution in [0.25, 0.3) is 0 Å². The molecule has 1 aromatic heterocycles. The topological polar surface area (TPSA) is 158 Å². The molecule has 0 aliphatic carbocycles. The summed E-state index contributed by atoms with van der Waals surface area (Å²) in [7, 11) is -2.70. The van der Waals surface area contributed by atoms with E-state index < -0.39 is 42.9 Å². The molecule has 148 valence electrons. The molecule has 0 saturated carbocycles. The number of ether oxygens (including phenoxy) is 3. The smallest absolute Gasteiger partial charge is 0.330 e. The number of aromatic nitrogens is 2. The van der Waals surface area contributed by atoms with Gasteiger partial charge in [0.1, 0.15) is 31.0 Å². The van der Waals surface area contributed by atoms with Gasteiger partial charge in [0.05, 0.1) is 19.8 Å². The molecule has 3 rings (SSSR count). The summed E-state index contributed by atoms with van der Waals surface area (Å²) in [6, 6.07) is 0. The summed E-state index contributed by atoms with van der Waals surface area (Å²) in [5, 5.41) is 0. The van der Waals surface area contributed by atoms with Gasteiger partial charge >= 0.3 is 5.69 Å². The van der Waals surface area contributed by atoms with Crippen molar-refractivity contribution in [3.8, 4) is 11.8 Å². The number of aromatic amines is 1. The van der Waals surface area contributed by atoms with Crippen LogP contribution < -0.4 is 21.9 Å². The largest absolute Gasteiger partial charge is 0.779 e. The SMILES string of the molecule is COC[C@@]12CO[C@H](C1OP(C)(=O)[O-])[C@H](n1cc(C#CCN)c(=O)[nH]c1=O)O2. The van der Waals surface area contributed by atoms with Gasteiger partial charge in [-0.05, 0) is 0 Å².